The molecule has 1 aliphatic rings. The van der Waals surface area contributed by atoms with E-state index < -0.39 is 0 Å². The Kier molecular flexibility index (Phi) is 7.04. The summed E-state index contributed by atoms with van der Waals surface area (Å²) in [6, 6.07) is 0.264. The molecule has 0 saturated carbocycles. The van der Waals surface area contributed by atoms with Crippen LogP contribution in [0.1, 0.15) is 19.3 Å². The molecule has 0 aromatic heterocycles. The van der Waals surface area contributed by atoms with Crippen molar-refractivity contribution in [2.45, 2.75) is 25.3 Å². The number of ether oxygens (including phenoxy) is 1. The van der Waals surface area contributed by atoms with E-state index in [0.29, 0.717) is 0 Å². The van der Waals surface area contributed by atoms with E-state index in [0.717, 1.165) is 25.5 Å². The molecule has 17 heavy (non-hydrogen) atoms. The van der Waals surface area contributed by atoms with Crippen molar-refractivity contribution in [3.63, 3.8) is 0 Å². The van der Waals surface area contributed by atoms with Gasteiger partial charge in [0.25, 0.3) is 0 Å². The number of nitrogens with two attached hydrogens (primary N) is 1. The fourth-order valence-electron chi connectivity index (χ4n) is 2.56. The molecule has 4 nitrogen and oxygen atoms in total. The van der Waals surface area contributed by atoms with Crippen molar-refractivity contribution in [2.24, 2.45) is 11.7 Å². The first kappa shape index (κ1) is 14.9. The first-order valence-corrected chi connectivity index (χ1v) is 6.73. The van der Waals surface area contributed by atoms with Gasteiger partial charge in [-0.15, -0.1) is 0 Å². The van der Waals surface area contributed by atoms with Crippen LogP contribution in [0, 0.1) is 5.92 Å². The van der Waals surface area contributed by atoms with Crippen LogP contribution >= 0.6 is 0 Å². The van der Waals surface area contributed by atoms with Gasteiger partial charge >= 0.3 is 0 Å². The molecule has 0 bridgehead atoms. The van der Waals surface area contributed by atoms with Gasteiger partial charge < -0.3 is 20.3 Å². The van der Waals surface area contributed by atoms with Crippen LogP contribution in [0.15, 0.2) is 0 Å². The van der Waals surface area contributed by atoms with Crippen LogP contribution in [0.25, 0.3) is 0 Å². The van der Waals surface area contributed by atoms with E-state index >= 15 is 0 Å². The SMILES string of the molecule is COCCC(N)CN1CCC(CN(C)C)CC1. The lowest BCUT2D eigenvalue weighted by Gasteiger charge is -2.34. The zero-order chi connectivity index (χ0) is 12.7. The molecule has 1 atom stereocenters. The van der Waals surface area contributed by atoms with Gasteiger partial charge in [0.2, 0.25) is 0 Å². The molecular weight excluding hydrogens is 214 g/mol. The second-order valence-electron chi connectivity index (χ2n) is 5.55. The normalized spacial score (nSPS) is 21.0. The lowest BCUT2D eigenvalue weighted by molar-refractivity contribution is 0.141. The maximum Gasteiger partial charge on any atom is 0.0477 e. The van der Waals surface area contributed by atoms with E-state index in [2.05, 4.69) is 23.9 Å². The number of piperidine rings is 1. The van der Waals surface area contributed by atoms with Crippen LogP contribution in [0.2, 0.25) is 0 Å². The van der Waals surface area contributed by atoms with Crippen molar-refractivity contribution in [3.05, 3.63) is 0 Å². The molecule has 0 aliphatic carbocycles. The number of nitrogens with zero attached hydrogens (tertiary/aromatic N) is 2. The second-order valence-corrected chi connectivity index (χ2v) is 5.55. The van der Waals surface area contributed by atoms with Gasteiger partial charge in [-0.1, -0.05) is 0 Å². The summed E-state index contributed by atoms with van der Waals surface area (Å²) in [5.41, 5.74) is 6.08. The standard InChI is InChI=1S/C13H29N3O/c1-15(2)10-12-4-7-16(8-5-12)11-13(14)6-9-17-3/h12-13H,4-11,14H2,1-3H3. The first-order valence-electron chi connectivity index (χ1n) is 6.73. The highest BCUT2D eigenvalue weighted by Gasteiger charge is 2.20. The number of methoxy groups -OCH3 is 1. The summed E-state index contributed by atoms with van der Waals surface area (Å²) in [5, 5.41) is 0. The number of hydrogen-bond acceptors (Lipinski definition) is 4. The fourth-order valence-corrected chi connectivity index (χ4v) is 2.56. The molecule has 1 aliphatic heterocycles. The second kappa shape index (κ2) is 8.03. The topological polar surface area (TPSA) is 41.7 Å². The monoisotopic (exact) mass is 243 g/mol. The Morgan fingerprint density at radius 3 is 2.53 bits per heavy atom. The van der Waals surface area contributed by atoms with Crippen LogP contribution in [-0.4, -0.2) is 69.8 Å². The summed E-state index contributed by atoms with van der Waals surface area (Å²) >= 11 is 0. The lowest BCUT2D eigenvalue weighted by atomic mass is 9.96. The molecule has 0 aromatic carbocycles. The van der Waals surface area contributed by atoms with Gasteiger partial charge in [-0.25, -0.2) is 0 Å². The summed E-state index contributed by atoms with van der Waals surface area (Å²) < 4.78 is 5.06. The molecule has 0 amide bonds. The average Bonchev–Trinajstić information content (AvgIpc) is 2.28. The van der Waals surface area contributed by atoms with Crippen molar-refractivity contribution < 1.29 is 4.74 Å². The molecule has 102 valence electrons. The van der Waals surface area contributed by atoms with E-state index in [1.54, 1.807) is 7.11 Å². The third-order valence-corrected chi connectivity index (χ3v) is 3.52. The average molecular weight is 243 g/mol. The number of likely N-dealkylation sites (tertiary alicyclic amines) is 1. The van der Waals surface area contributed by atoms with Crippen LogP contribution < -0.4 is 5.73 Å². The van der Waals surface area contributed by atoms with E-state index in [9.17, 15) is 0 Å². The minimum atomic E-state index is 0.264. The van der Waals surface area contributed by atoms with Crippen LogP contribution in [0.3, 0.4) is 0 Å². The largest absolute Gasteiger partial charge is 0.385 e. The summed E-state index contributed by atoms with van der Waals surface area (Å²) in [6.07, 6.45) is 3.60. The van der Waals surface area contributed by atoms with Gasteiger partial charge in [0.1, 0.15) is 0 Å². The van der Waals surface area contributed by atoms with Crippen LogP contribution in [0.5, 0.6) is 0 Å². The first-order chi connectivity index (χ1) is 8.11. The zero-order valence-electron chi connectivity index (χ0n) is 11.7. The third-order valence-electron chi connectivity index (χ3n) is 3.52. The van der Waals surface area contributed by atoms with Gasteiger partial charge in [0, 0.05) is 32.8 Å². The Balaban J connectivity index is 2.14. The predicted octanol–water partition coefficient (Wildman–Crippen LogP) is 0.624. The Labute approximate surface area is 106 Å². The summed E-state index contributed by atoms with van der Waals surface area (Å²) in [6.45, 7) is 5.44. The molecule has 0 radical (unpaired) electrons. The summed E-state index contributed by atoms with van der Waals surface area (Å²) in [7, 11) is 6.06. The molecular formula is C13H29N3O. The smallest absolute Gasteiger partial charge is 0.0477 e. The molecule has 4 heteroatoms. The van der Waals surface area contributed by atoms with Crippen molar-refractivity contribution in [2.75, 3.05) is 54.0 Å². The minimum absolute atomic E-state index is 0.264. The molecule has 2 N–H and O–H groups in total. The van der Waals surface area contributed by atoms with E-state index in [4.69, 9.17) is 10.5 Å². The van der Waals surface area contributed by atoms with Crippen molar-refractivity contribution >= 4 is 0 Å². The molecule has 0 spiro atoms. The molecule has 1 fully saturated rings. The summed E-state index contributed by atoms with van der Waals surface area (Å²) in [4.78, 5) is 4.80. The Morgan fingerprint density at radius 1 is 1.35 bits per heavy atom. The molecule has 1 saturated heterocycles. The van der Waals surface area contributed by atoms with Gasteiger partial charge in [-0.2, -0.15) is 0 Å². The van der Waals surface area contributed by atoms with E-state index in [1.807, 2.05) is 0 Å². The van der Waals surface area contributed by atoms with Crippen molar-refractivity contribution in [1.82, 2.24) is 9.80 Å². The van der Waals surface area contributed by atoms with Crippen LogP contribution in [0.4, 0.5) is 0 Å². The fraction of sp³-hybridized carbons (Fsp3) is 1.00. The Hall–Kier alpha value is -0.160. The van der Waals surface area contributed by atoms with Crippen LogP contribution in [-0.2, 0) is 4.74 Å². The number of hydrogen-bond donors (Lipinski definition) is 1. The highest BCUT2D eigenvalue weighted by atomic mass is 16.5. The minimum Gasteiger partial charge on any atom is -0.385 e. The molecule has 1 unspecified atom stereocenters. The third kappa shape index (κ3) is 6.36. The molecule has 0 aromatic rings. The van der Waals surface area contributed by atoms with Crippen molar-refractivity contribution in [3.8, 4) is 0 Å². The van der Waals surface area contributed by atoms with E-state index in [-0.39, 0.29) is 6.04 Å². The number of rotatable bonds is 7. The predicted molar refractivity (Wildman–Crippen MR) is 72.2 cm³/mol. The highest BCUT2D eigenvalue weighted by molar-refractivity contribution is 4.76. The highest BCUT2D eigenvalue weighted by Crippen LogP contribution is 2.17. The lowest BCUT2D eigenvalue weighted by Crippen LogP contribution is -2.43. The Morgan fingerprint density at radius 2 is 2.00 bits per heavy atom. The van der Waals surface area contributed by atoms with E-state index in [1.165, 1.54) is 32.5 Å². The van der Waals surface area contributed by atoms with Crippen molar-refractivity contribution in [1.29, 1.82) is 0 Å². The maximum absolute atomic E-state index is 6.08. The quantitative estimate of drug-likeness (QED) is 0.712. The zero-order valence-corrected chi connectivity index (χ0v) is 11.7. The molecule has 1 heterocycles. The Bertz CT molecular complexity index is 191. The summed E-state index contributed by atoms with van der Waals surface area (Å²) in [5.74, 6) is 0.872. The maximum atomic E-state index is 6.08. The van der Waals surface area contributed by atoms with Gasteiger partial charge in [-0.05, 0) is 52.4 Å². The van der Waals surface area contributed by atoms with Gasteiger partial charge in [0.05, 0.1) is 0 Å². The van der Waals surface area contributed by atoms with Gasteiger partial charge in [0.15, 0.2) is 0 Å². The van der Waals surface area contributed by atoms with Gasteiger partial charge in [-0.3, -0.25) is 0 Å². The molecule has 1 rings (SSSR count).